The molecule has 0 spiro atoms. The standard InChI is InChI=1S/C12H13N5OS/c1-7-4-3-5-9(6-7)14-15-10-8(2)16-17(11(10)18)12(13)19/h3-6,10H,1-2H3,(H2,13,19)/t10-/m0/s1. The number of hydrogen-bond donors (Lipinski definition) is 1. The molecule has 0 saturated heterocycles. The second-order valence-electron chi connectivity index (χ2n) is 4.19. The number of azo groups is 1. The number of benzene rings is 1. The Balaban J connectivity index is 2.18. The average molecular weight is 275 g/mol. The monoisotopic (exact) mass is 275 g/mol. The Morgan fingerprint density at radius 1 is 1.47 bits per heavy atom. The van der Waals surface area contributed by atoms with E-state index in [0.29, 0.717) is 11.4 Å². The van der Waals surface area contributed by atoms with Gasteiger partial charge in [0.2, 0.25) is 0 Å². The lowest BCUT2D eigenvalue weighted by Crippen LogP contribution is -2.37. The second kappa shape index (κ2) is 5.23. The third-order valence-electron chi connectivity index (χ3n) is 2.60. The topological polar surface area (TPSA) is 83.4 Å². The SMILES string of the molecule is CC1=NN(C(N)=S)C(=O)[C@H]1N=Nc1cccc(C)c1. The van der Waals surface area contributed by atoms with Crippen LogP contribution in [-0.4, -0.2) is 27.8 Å². The van der Waals surface area contributed by atoms with E-state index in [2.05, 4.69) is 15.3 Å². The molecule has 1 aromatic carbocycles. The first-order chi connectivity index (χ1) is 8.99. The lowest BCUT2D eigenvalue weighted by molar-refractivity contribution is -0.126. The Bertz CT molecular complexity index is 596. The van der Waals surface area contributed by atoms with Crippen molar-refractivity contribution in [3.63, 3.8) is 0 Å². The van der Waals surface area contributed by atoms with Crippen LogP contribution in [0.25, 0.3) is 0 Å². The van der Waals surface area contributed by atoms with Crippen LogP contribution >= 0.6 is 12.2 Å². The zero-order chi connectivity index (χ0) is 14.0. The van der Waals surface area contributed by atoms with E-state index in [0.717, 1.165) is 10.6 Å². The van der Waals surface area contributed by atoms with E-state index in [1.165, 1.54) is 0 Å². The van der Waals surface area contributed by atoms with Crippen molar-refractivity contribution in [3.05, 3.63) is 29.8 Å². The molecule has 1 atom stereocenters. The Hall–Kier alpha value is -2.15. The molecule has 1 aromatic rings. The number of carbonyl (C=O) groups is 1. The van der Waals surface area contributed by atoms with Crippen LogP contribution in [0.15, 0.2) is 39.6 Å². The van der Waals surface area contributed by atoms with Gasteiger partial charge in [-0.1, -0.05) is 12.1 Å². The molecule has 6 nitrogen and oxygen atoms in total. The Labute approximate surface area is 116 Å². The third kappa shape index (κ3) is 2.82. The summed E-state index contributed by atoms with van der Waals surface area (Å²) in [6.45, 7) is 3.65. The number of carbonyl (C=O) groups excluding carboxylic acids is 1. The lowest BCUT2D eigenvalue weighted by atomic mass is 10.2. The van der Waals surface area contributed by atoms with Crippen molar-refractivity contribution in [2.45, 2.75) is 19.9 Å². The van der Waals surface area contributed by atoms with Crippen LogP contribution in [0.1, 0.15) is 12.5 Å². The van der Waals surface area contributed by atoms with E-state index >= 15 is 0 Å². The van der Waals surface area contributed by atoms with Crippen molar-refractivity contribution in [2.75, 3.05) is 0 Å². The molecule has 1 aliphatic rings. The van der Waals surface area contributed by atoms with E-state index in [4.69, 9.17) is 18.0 Å². The van der Waals surface area contributed by atoms with E-state index < -0.39 is 6.04 Å². The number of hydrogen-bond acceptors (Lipinski definition) is 5. The molecule has 1 aliphatic heterocycles. The van der Waals surface area contributed by atoms with Gasteiger partial charge in [-0.05, 0) is 43.8 Å². The van der Waals surface area contributed by atoms with E-state index in [1.54, 1.807) is 6.92 Å². The van der Waals surface area contributed by atoms with Crippen LogP contribution < -0.4 is 5.73 Å². The summed E-state index contributed by atoms with van der Waals surface area (Å²) in [6, 6.07) is 6.78. The summed E-state index contributed by atoms with van der Waals surface area (Å²) in [6.07, 6.45) is 0. The Morgan fingerprint density at radius 2 is 2.21 bits per heavy atom. The van der Waals surface area contributed by atoms with Gasteiger partial charge in [0.05, 0.1) is 11.4 Å². The summed E-state index contributed by atoms with van der Waals surface area (Å²) in [5, 5.41) is 12.9. The van der Waals surface area contributed by atoms with Crippen LogP contribution in [0, 0.1) is 6.92 Å². The van der Waals surface area contributed by atoms with Crippen LogP contribution in [0.3, 0.4) is 0 Å². The summed E-state index contributed by atoms with van der Waals surface area (Å²) in [4.78, 5) is 11.9. The highest BCUT2D eigenvalue weighted by atomic mass is 32.1. The number of rotatable bonds is 2. The molecule has 0 bridgehead atoms. The first kappa shape index (κ1) is 13.3. The van der Waals surface area contributed by atoms with Crippen LogP contribution in [0.2, 0.25) is 0 Å². The summed E-state index contributed by atoms with van der Waals surface area (Å²) < 4.78 is 0. The highest BCUT2D eigenvalue weighted by Crippen LogP contribution is 2.18. The van der Waals surface area contributed by atoms with Gasteiger partial charge in [-0.15, -0.1) is 0 Å². The van der Waals surface area contributed by atoms with Gasteiger partial charge in [-0.25, -0.2) is 0 Å². The van der Waals surface area contributed by atoms with Crippen LogP contribution in [-0.2, 0) is 4.79 Å². The number of aryl methyl sites for hydroxylation is 1. The largest absolute Gasteiger partial charge is 0.374 e. The van der Waals surface area contributed by atoms with Gasteiger partial charge < -0.3 is 5.73 Å². The molecule has 0 fully saturated rings. The van der Waals surface area contributed by atoms with Gasteiger partial charge in [-0.2, -0.15) is 20.3 Å². The molecule has 0 radical (unpaired) electrons. The molecule has 1 amide bonds. The van der Waals surface area contributed by atoms with E-state index in [1.807, 2.05) is 31.2 Å². The minimum atomic E-state index is -0.748. The number of amides is 1. The summed E-state index contributed by atoms with van der Waals surface area (Å²) in [7, 11) is 0. The predicted molar refractivity (Wildman–Crippen MR) is 76.2 cm³/mol. The first-order valence-electron chi connectivity index (χ1n) is 5.65. The van der Waals surface area contributed by atoms with Crippen molar-refractivity contribution in [1.29, 1.82) is 0 Å². The van der Waals surface area contributed by atoms with Gasteiger partial charge in [0, 0.05) is 0 Å². The normalized spacial score (nSPS) is 19.1. The molecular weight excluding hydrogens is 262 g/mol. The number of hydrazone groups is 1. The minimum absolute atomic E-state index is 0.0856. The van der Waals surface area contributed by atoms with Crippen molar-refractivity contribution in [2.24, 2.45) is 21.1 Å². The quantitative estimate of drug-likeness (QED) is 0.661. The maximum atomic E-state index is 11.9. The highest BCUT2D eigenvalue weighted by molar-refractivity contribution is 7.80. The third-order valence-corrected chi connectivity index (χ3v) is 2.77. The van der Waals surface area contributed by atoms with Gasteiger partial charge in [0.25, 0.3) is 5.91 Å². The maximum absolute atomic E-state index is 11.9. The zero-order valence-electron chi connectivity index (χ0n) is 10.6. The van der Waals surface area contributed by atoms with Crippen molar-refractivity contribution in [1.82, 2.24) is 5.01 Å². The Morgan fingerprint density at radius 3 is 2.79 bits per heavy atom. The minimum Gasteiger partial charge on any atom is -0.374 e. The fraction of sp³-hybridized carbons (Fsp3) is 0.250. The van der Waals surface area contributed by atoms with Crippen LogP contribution in [0.4, 0.5) is 5.69 Å². The average Bonchev–Trinajstić information content (AvgIpc) is 2.63. The molecule has 0 aromatic heterocycles. The molecule has 98 valence electrons. The number of nitrogens with two attached hydrogens (primary N) is 1. The molecule has 1 heterocycles. The smallest absolute Gasteiger partial charge is 0.282 e. The summed E-state index contributed by atoms with van der Waals surface area (Å²) in [5.41, 5.74) is 7.68. The van der Waals surface area contributed by atoms with E-state index in [9.17, 15) is 4.79 Å². The molecule has 0 unspecified atom stereocenters. The summed E-state index contributed by atoms with van der Waals surface area (Å²) >= 11 is 4.74. The van der Waals surface area contributed by atoms with Gasteiger partial charge in [0.1, 0.15) is 0 Å². The molecule has 0 saturated carbocycles. The molecule has 2 rings (SSSR count). The van der Waals surface area contributed by atoms with E-state index in [-0.39, 0.29) is 11.0 Å². The number of thiocarbonyl (C=S) groups is 1. The zero-order valence-corrected chi connectivity index (χ0v) is 11.4. The maximum Gasteiger partial charge on any atom is 0.282 e. The predicted octanol–water partition coefficient (Wildman–Crippen LogP) is 1.91. The second-order valence-corrected chi connectivity index (χ2v) is 4.60. The fourth-order valence-electron chi connectivity index (χ4n) is 1.66. The van der Waals surface area contributed by atoms with Crippen LogP contribution in [0.5, 0.6) is 0 Å². The lowest BCUT2D eigenvalue weighted by Gasteiger charge is -2.08. The van der Waals surface area contributed by atoms with Crippen molar-refractivity contribution >= 4 is 34.6 Å². The van der Waals surface area contributed by atoms with Gasteiger partial charge >= 0.3 is 0 Å². The first-order valence-corrected chi connectivity index (χ1v) is 6.06. The molecule has 19 heavy (non-hydrogen) atoms. The summed E-state index contributed by atoms with van der Waals surface area (Å²) in [5.74, 6) is -0.374. The molecular formula is C12H13N5OS. The van der Waals surface area contributed by atoms with Gasteiger partial charge in [-0.3, -0.25) is 4.79 Å². The molecule has 2 N–H and O–H groups in total. The fourth-order valence-corrected chi connectivity index (χ4v) is 1.79. The number of nitrogens with zero attached hydrogens (tertiary/aromatic N) is 4. The molecule has 0 aliphatic carbocycles. The highest BCUT2D eigenvalue weighted by Gasteiger charge is 2.35. The van der Waals surface area contributed by atoms with Crippen molar-refractivity contribution < 1.29 is 4.79 Å². The van der Waals surface area contributed by atoms with Gasteiger partial charge in [0.15, 0.2) is 11.2 Å². The molecule has 7 heteroatoms. The Kier molecular flexibility index (Phi) is 3.66. The van der Waals surface area contributed by atoms with Crippen molar-refractivity contribution in [3.8, 4) is 0 Å².